The summed E-state index contributed by atoms with van der Waals surface area (Å²) < 4.78 is 36.9. The van der Waals surface area contributed by atoms with Gasteiger partial charge in [0.05, 0.1) is 39.1 Å². The van der Waals surface area contributed by atoms with E-state index in [9.17, 15) is 0 Å². The Kier molecular flexibility index (Phi) is 10.1. The highest BCUT2D eigenvalue weighted by molar-refractivity contribution is 5.32. The van der Waals surface area contributed by atoms with Crippen molar-refractivity contribution >= 4 is 0 Å². The molecule has 1 aromatic carbocycles. The van der Waals surface area contributed by atoms with Crippen molar-refractivity contribution in [3.05, 3.63) is 47.0 Å². The molecule has 1 heterocycles. The minimum Gasteiger partial charge on any atom is -0.382 e. The van der Waals surface area contributed by atoms with Crippen LogP contribution >= 0.6 is 0 Å². The zero-order valence-electron chi connectivity index (χ0n) is 24.6. The Morgan fingerprint density at radius 1 is 0.921 bits per heavy atom. The topological polar surface area (TPSA) is 55.4 Å². The fourth-order valence-corrected chi connectivity index (χ4v) is 7.11. The average Bonchev–Trinajstić information content (AvgIpc) is 3.18. The van der Waals surface area contributed by atoms with Crippen molar-refractivity contribution < 1.29 is 28.4 Å². The van der Waals surface area contributed by atoms with Crippen LogP contribution in [-0.4, -0.2) is 57.8 Å². The second kappa shape index (κ2) is 12.9. The van der Waals surface area contributed by atoms with E-state index < -0.39 is 11.4 Å². The fraction of sp³-hybridized carbons (Fsp3) is 0.750. The maximum atomic E-state index is 7.02. The Morgan fingerprint density at radius 2 is 1.68 bits per heavy atom. The first-order chi connectivity index (χ1) is 18.2. The first-order valence-corrected chi connectivity index (χ1v) is 14.5. The highest BCUT2D eigenvalue weighted by atomic mass is 16.8. The van der Waals surface area contributed by atoms with Gasteiger partial charge >= 0.3 is 0 Å². The third-order valence-electron chi connectivity index (χ3n) is 9.14. The van der Waals surface area contributed by atoms with Gasteiger partial charge in [0.15, 0.2) is 5.79 Å². The molecule has 0 N–H and O–H groups in total. The zero-order chi connectivity index (χ0) is 27.2. The van der Waals surface area contributed by atoms with Crippen LogP contribution in [0.4, 0.5) is 0 Å². The molecule has 6 heteroatoms. The van der Waals surface area contributed by atoms with Crippen molar-refractivity contribution in [1.29, 1.82) is 0 Å². The molecule has 1 aromatic rings. The third-order valence-corrected chi connectivity index (χ3v) is 9.14. The number of rotatable bonds is 12. The van der Waals surface area contributed by atoms with Crippen molar-refractivity contribution in [2.75, 3.05) is 40.3 Å². The summed E-state index contributed by atoms with van der Waals surface area (Å²) in [5, 5.41) is 0. The van der Waals surface area contributed by atoms with Gasteiger partial charge in [0.25, 0.3) is 0 Å². The van der Waals surface area contributed by atoms with Gasteiger partial charge in [-0.2, -0.15) is 0 Å². The molecule has 0 amide bonds. The maximum Gasteiger partial charge on any atom is 0.164 e. The summed E-state index contributed by atoms with van der Waals surface area (Å²) >= 11 is 0. The highest BCUT2D eigenvalue weighted by Gasteiger charge is 2.65. The van der Waals surface area contributed by atoms with E-state index in [1.165, 1.54) is 36.0 Å². The summed E-state index contributed by atoms with van der Waals surface area (Å²) in [6, 6.07) is 10.5. The monoisotopic (exact) mass is 530 g/mol. The Balaban J connectivity index is 1.51. The van der Waals surface area contributed by atoms with Gasteiger partial charge in [-0.1, -0.05) is 62.6 Å². The van der Waals surface area contributed by atoms with E-state index in [4.69, 9.17) is 28.4 Å². The molecule has 0 bridgehead atoms. The summed E-state index contributed by atoms with van der Waals surface area (Å²) in [6.07, 6.45) is 6.79. The van der Waals surface area contributed by atoms with Crippen LogP contribution in [0.2, 0.25) is 0 Å². The number of hydrogen-bond acceptors (Lipinski definition) is 6. The number of allylic oxidation sites excluding steroid dienone is 1. The van der Waals surface area contributed by atoms with Gasteiger partial charge in [0, 0.05) is 12.5 Å². The van der Waals surface area contributed by atoms with Gasteiger partial charge in [-0.05, 0) is 69.4 Å². The summed E-state index contributed by atoms with van der Waals surface area (Å²) in [6.45, 7) is 14.4. The van der Waals surface area contributed by atoms with Crippen LogP contribution in [0.5, 0.6) is 0 Å². The molecular weight excluding hydrogens is 480 g/mol. The molecule has 1 spiro atoms. The van der Waals surface area contributed by atoms with E-state index in [0.717, 1.165) is 25.9 Å². The van der Waals surface area contributed by atoms with Crippen LogP contribution in [0.3, 0.4) is 0 Å². The molecule has 2 fully saturated rings. The molecule has 4 atom stereocenters. The normalized spacial score (nSPS) is 30.7. The summed E-state index contributed by atoms with van der Waals surface area (Å²) in [5.41, 5.74) is 3.29. The van der Waals surface area contributed by atoms with Crippen LogP contribution in [0.15, 0.2) is 41.5 Å². The molecule has 214 valence electrons. The van der Waals surface area contributed by atoms with Crippen molar-refractivity contribution in [3.8, 4) is 0 Å². The molecule has 1 aliphatic heterocycles. The van der Waals surface area contributed by atoms with Crippen LogP contribution in [0, 0.1) is 17.3 Å². The van der Waals surface area contributed by atoms with E-state index in [2.05, 4.69) is 65.0 Å². The molecule has 0 aromatic heterocycles. The highest BCUT2D eigenvalue weighted by Crippen LogP contribution is 2.60. The lowest BCUT2D eigenvalue weighted by molar-refractivity contribution is -0.187. The zero-order valence-corrected chi connectivity index (χ0v) is 24.6. The molecule has 3 aliphatic rings. The van der Waals surface area contributed by atoms with E-state index in [-0.39, 0.29) is 18.3 Å². The minimum atomic E-state index is -0.630. The van der Waals surface area contributed by atoms with E-state index in [1.54, 1.807) is 7.11 Å². The minimum absolute atomic E-state index is 0.0131. The lowest BCUT2D eigenvalue weighted by Gasteiger charge is -2.53. The number of methoxy groups -OCH3 is 1. The van der Waals surface area contributed by atoms with Gasteiger partial charge < -0.3 is 28.4 Å². The van der Waals surface area contributed by atoms with E-state index in [1.807, 2.05) is 0 Å². The standard InChI is InChI=1S/C32H50O6/c1-24-16-17-32(30(2,3)28(24)22-36-23-34-19-18-33-6)29(37-31(4,5)38-32)27-15-11-10-14-26(27)21-35-20-25-12-8-7-9-13-25/h7-9,12-13,26-27,29H,10-11,14-23H2,1-6H3/t26-,27+,29-,32+/m0/s1. The van der Waals surface area contributed by atoms with E-state index in [0.29, 0.717) is 38.3 Å². The quantitative estimate of drug-likeness (QED) is 0.171. The van der Waals surface area contributed by atoms with Gasteiger partial charge in [0.1, 0.15) is 12.4 Å². The second-order valence-electron chi connectivity index (χ2n) is 12.4. The summed E-state index contributed by atoms with van der Waals surface area (Å²) in [5.74, 6) is 0.233. The third kappa shape index (κ3) is 6.54. The van der Waals surface area contributed by atoms with Gasteiger partial charge in [0.2, 0.25) is 0 Å². The number of hydrogen-bond donors (Lipinski definition) is 0. The van der Waals surface area contributed by atoms with Gasteiger partial charge in [-0.15, -0.1) is 0 Å². The Morgan fingerprint density at radius 3 is 2.45 bits per heavy atom. The fourth-order valence-electron chi connectivity index (χ4n) is 7.11. The second-order valence-corrected chi connectivity index (χ2v) is 12.4. The molecule has 0 radical (unpaired) electrons. The molecule has 4 rings (SSSR count). The smallest absolute Gasteiger partial charge is 0.164 e. The van der Waals surface area contributed by atoms with Crippen molar-refractivity contribution in [3.63, 3.8) is 0 Å². The van der Waals surface area contributed by atoms with E-state index >= 15 is 0 Å². The molecule has 2 aliphatic carbocycles. The van der Waals surface area contributed by atoms with Crippen molar-refractivity contribution in [2.24, 2.45) is 17.3 Å². The lowest BCUT2D eigenvalue weighted by atomic mass is 9.57. The molecule has 38 heavy (non-hydrogen) atoms. The number of benzene rings is 1. The molecule has 6 nitrogen and oxygen atoms in total. The number of ether oxygens (including phenoxy) is 6. The van der Waals surface area contributed by atoms with Crippen LogP contribution < -0.4 is 0 Å². The van der Waals surface area contributed by atoms with Crippen LogP contribution in [0.1, 0.15) is 78.7 Å². The molecule has 0 unspecified atom stereocenters. The van der Waals surface area contributed by atoms with Crippen LogP contribution in [-0.2, 0) is 35.0 Å². The lowest BCUT2D eigenvalue weighted by Crippen LogP contribution is -2.59. The molecule has 1 saturated carbocycles. The Bertz CT molecular complexity index is 910. The largest absolute Gasteiger partial charge is 0.382 e. The average molecular weight is 531 g/mol. The van der Waals surface area contributed by atoms with Crippen molar-refractivity contribution in [2.45, 2.75) is 97.2 Å². The first-order valence-electron chi connectivity index (χ1n) is 14.5. The SMILES string of the molecule is COCCOCOCC1=C(C)CC[C@]2(OC(C)(C)O[C@H]2[C@@H]2CCCC[C@H]2COCc2ccccc2)C1(C)C. The Hall–Kier alpha value is -1.28. The Labute approximate surface area is 230 Å². The predicted octanol–water partition coefficient (Wildman–Crippen LogP) is 6.67. The van der Waals surface area contributed by atoms with Gasteiger partial charge in [-0.25, -0.2) is 0 Å². The summed E-state index contributed by atoms with van der Waals surface area (Å²) in [4.78, 5) is 0. The molecule has 1 saturated heterocycles. The van der Waals surface area contributed by atoms with Crippen LogP contribution in [0.25, 0.3) is 0 Å². The molecular formula is C32H50O6. The maximum absolute atomic E-state index is 7.02. The van der Waals surface area contributed by atoms with Crippen molar-refractivity contribution in [1.82, 2.24) is 0 Å². The first kappa shape index (κ1) is 29.7. The predicted molar refractivity (Wildman–Crippen MR) is 149 cm³/mol. The van der Waals surface area contributed by atoms with Gasteiger partial charge in [-0.3, -0.25) is 0 Å². The summed E-state index contributed by atoms with van der Waals surface area (Å²) in [7, 11) is 1.68.